The van der Waals surface area contributed by atoms with Crippen LogP contribution in [0, 0.1) is 22.0 Å². The van der Waals surface area contributed by atoms with Gasteiger partial charge < -0.3 is 14.2 Å². The lowest BCUT2D eigenvalue weighted by molar-refractivity contribution is -0.384. The van der Waals surface area contributed by atoms with Gasteiger partial charge in [0.1, 0.15) is 5.78 Å². The van der Waals surface area contributed by atoms with Crippen LogP contribution in [0.25, 0.3) is 0 Å². The zero-order valence-corrected chi connectivity index (χ0v) is 14.4. The number of ketones is 1. The average Bonchev–Trinajstić information content (AvgIpc) is 2.65. The monoisotopic (exact) mass is 365 g/mol. The summed E-state index contributed by atoms with van der Waals surface area (Å²) in [5.41, 5.74) is 0.270. The highest BCUT2D eigenvalue weighted by Crippen LogP contribution is 2.37. The summed E-state index contributed by atoms with van der Waals surface area (Å²) in [6.45, 7) is 0.300. The maximum absolute atomic E-state index is 12.4. The molecule has 26 heavy (non-hydrogen) atoms. The fraction of sp³-hybridized carbons (Fsp3) is 0.471. The summed E-state index contributed by atoms with van der Waals surface area (Å²) in [5.74, 6) is -4.92. The van der Waals surface area contributed by atoms with Crippen LogP contribution in [0.5, 0.6) is 0 Å². The lowest BCUT2D eigenvalue weighted by atomic mass is 9.74. The van der Waals surface area contributed by atoms with Crippen molar-refractivity contribution in [3.63, 3.8) is 0 Å². The predicted octanol–water partition coefficient (Wildman–Crippen LogP) is 1.25. The Hall–Kier alpha value is -2.81. The standard InChI is InChI=1S/C17H19NO8/c1-24-16(20)15(17(21)25-2)14(12-9-26-8-7-13(12)19)10-3-5-11(6-4-10)18(22)23/h3-6,12,14-15H,7-9H2,1-2H3/t12-,14+/m1/s1. The van der Waals surface area contributed by atoms with E-state index in [2.05, 4.69) is 0 Å². The fourth-order valence-electron chi connectivity index (χ4n) is 3.08. The zero-order chi connectivity index (χ0) is 19.3. The number of nitrogens with zero attached hydrogens (tertiary/aromatic N) is 1. The number of carbonyl (C=O) groups excluding carboxylic acids is 3. The first-order valence-corrected chi connectivity index (χ1v) is 7.91. The van der Waals surface area contributed by atoms with E-state index in [9.17, 15) is 24.5 Å². The number of rotatable bonds is 6. The third-order valence-corrected chi connectivity index (χ3v) is 4.40. The number of nitro groups is 1. The van der Waals surface area contributed by atoms with E-state index in [1.54, 1.807) is 0 Å². The first-order chi connectivity index (χ1) is 12.4. The normalized spacial score (nSPS) is 18.3. The van der Waals surface area contributed by atoms with Crippen molar-refractivity contribution in [2.45, 2.75) is 12.3 Å². The lowest BCUT2D eigenvalue weighted by Gasteiger charge is -2.32. The molecule has 0 spiro atoms. The minimum atomic E-state index is -1.39. The third kappa shape index (κ3) is 4.05. The molecule has 9 nitrogen and oxygen atoms in total. The minimum absolute atomic E-state index is 0.0327. The van der Waals surface area contributed by atoms with E-state index in [0.717, 1.165) is 14.2 Å². The van der Waals surface area contributed by atoms with Gasteiger partial charge in [0.15, 0.2) is 5.92 Å². The van der Waals surface area contributed by atoms with Crippen LogP contribution in [-0.4, -0.2) is 50.1 Å². The number of Topliss-reactive ketones (excluding diaryl/α,β-unsaturated/α-hetero) is 1. The van der Waals surface area contributed by atoms with Crippen LogP contribution in [-0.2, 0) is 28.6 Å². The molecule has 0 aromatic heterocycles. The van der Waals surface area contributed by atoms with E-state index in [-0.39, 0.29) is 31.1 Å². The highest BCUT2D eigenvalue weighted by atomic mass is 16.6. The van der Waals surface area contributed by atoms with Crippen LogP contribution in [0.3, 0.4) is 0 Å². The number of methoxy groups -OCH3 is 2. The van der Waals surface area contributed by atoms with Crippen molar-refractivity contribution in [2.75, 3.05) is 27.4 Å². The average molecular weight is 365 g/mol. The van der Waals surface area contributed by atoms with Crippen molar-refractivity contribution in [1.82, 2.24) is 0 Å². The molecule has 1 aliphatic rings. The molecule has 2 rings (SSSR count). The van der Waals surface area contributed by atoms with E-state index < -0.39 is 34.6 Å². The van der Waals surface area contributed by atoms with Crippen LogP contribution in [0.2, 0.25) is 0 Å². The number of nitro benzene ring substituents is 1. The largest absolute Gasteiger partial charge is 0.468 e. The first kappa shape index (κ1) is 19.5. The van der Waals surface area contributed by atoms with Crippen molar-refractivity contribution in [3.05, 3.63) is 39.9 Å². The van der Waals surface area contributed by atoms with Gasteiger partial charge in [0, 0.05) is 30.4 Å². The Morgan fingerprint density at radius 2 is 1.77 bits per heavy atom. The van der Waals surface area contributed by atoms with Gasteiger partial charge in [0.05, 0.1) is 32.4 Å². The molecule has 9 heteroatoms. The van der Waals surface area contributed by atoms with Crippen LogP contribution >= 0.6 is 0 Å². The Balaban J connectivity index is 2.52. The van der Waals surface area contributed by atoms with Gasteiger partial charge in [0.2, 0.25) is 0 Å². The molecule has 2 atom stereocenters. The molecule has 140 valence electrons. The highest BCUT2D eigenvalue weighted by Gasteiger charge is 2.45. The number of hydrogen-bond acceptors (Lipinski definition) is 8. The van der Waals surface area contributed by atoms with Crippen LogP contribution in [0.4, 0.5) is 5.69 Å². The van der Waals surface area contributed by atoms with Crippen molar-refractivity contribution in [2.24, 2.45) is 11.8 Å². The van der Waals surface area contributed by atoms with Crippen molar-refractivity contribution >= 4 is 23.4 Å². The summed E-state index contributed by atoms with van der Waals surface area (Å²) >= 11 is 0. The zero-order valence-electron chi connectivity index (χ0n) is 14.4. The second-order valence-electron chi connectivity index (χ2n) is 5.80. The van der Waals surface area contributed by atoms with Gasteiger partial charge >= 0.3 is 11.9 Å². The van der Waals surface area contributed by atoms with Crippen LogP contribution < -0.4 is 0 Å². The molecule has 1 saturated heterocycles. The Bertz CT molecular complexity index is 683. The molecule has 1 fully saturated rings. The Morgan fingerprint density at radius 3 is 2.23 bits per heavy atom. The number of benzene rings is 1. The molecule has 1 aromatic carbocycles. The molecule has 0 saturated carbocycles. The van der Waals surface area contributed by atoms with Crippen LogP contribution in [0.15, 0.2) is 24.3 Å². The Labute approximate surface area is 149 Å². The summed E-state index contributed by atoms with van der Waals surface area (Å²) in [6.07, 6.45) is 0.156. The molecule has 0 aliphatic carbocycles. The summed E-state index contributed by atoms with van der Waals surface area (Å²) < 4.78 is 14.8. The molecule has 0 N–H and O–H groups in total. The van der Waals surface area contributed by atoms with Gasteiger partial charge in [0.25, 0.3) is 5.69 Å². The molecular formula is C17H19NO8. The van der Waals surface area contributed by atoms with Crippen LogP contribution in [0.1, 0.15) is 17.9 Å². The molecule has 0 amide bonds. The maximum atomic E-state index is 12.4. The molecule has 1 aromatic rings. The Morgan fingerprint density at radius 1 is 1.19 bits per heavy atom. The third-order valence-electron chi connectivity index (χ3n) is 4.40. The number of hydrogen-bond donors (Lipinski definition) is 0. The quantitative estimate of drug-likeness (QED) is 0.319. The summed E-state index contributed by atoms with van der Waals surface area (Å²) in [5, 5.41) is 10.9. The van der Waals surface area contributed by atoms with Gasteiger partial charge in [-0.15, -0.1) is 0 Å². The maximum Gasteiger partial charge on any atom is 0.320 e. The lowest BCUT2D eigenvalue weighted by Crippen LogP contribution is -2.42. The number of esters is 2. The number of carbonyl (C=O) groups is 3. The second-order valence-corrected chi connectivity index (χ2v) is 5.80. The minimum Gasteiger partial charge on any atom is -0.468 e. The van der Waals surface area contributed by atoms with Crippen molar-refractivity contribution in [1.29, 1.82) is 0 Å². The summed E-state index contributed by atoms with van der Waals surface area (Å²) in [4.78, 5) is 47.3. The molecule has 0 radical (unpaired) electrons. The summed E-state index contributed by atoms with van der Waals surface area (Å²) in [6, 6.07) is 5.34. The topological polar surface area (TPSA) is 122 Å². The van der Waals surface area contributed by atoms with E-state index >= 15 is 0 Å². The van der Waals surface area contributed by atoms with Gasteiger partial charge in [-0.2, -0.15) is 0 Å². The van der Waals surface area contributed by atoms with E-state index in [4.69, 9.17) is 14.2 Å². The predicted molar refractivity (Wildman–Crippen MR) is 87.3 cm³/mol. The van der Waals surface area contributed by atoms with Gasteiger partial charge in [-0.05, 0) is 5.56 Å². The molecular weight excluding hydrogens is 346 g/mol. The van der Waals surface area contributed by atoms with E-state index in [1.165, 1.54) is 24.3 Å². The summed E-state index contributed by atoms with van der Waals surface area (Å²) in [7, 11) is 2.26. The first-order valence-electron chi connectivity index (χ1n) is 7.91. The van der Waals surface area contributed by atoms with E-state index in [0.29, 0.717) is 5.56 Å². The number of ether oxygens (including phenoxy) is 3. The fourth-order valence-corrected chi connectivity index (χ4v) is 3.08. The van der Waals surface area contributed by atoms with Crippen molar-refractivity contribution < 1.29 is 33.5 Å². The van der Waals surface area contributed by atoms with Gasteiger partial charge in [-0.1, -0.05) is 12.1 Å². The van der Waals surface area contributed by atoms with Gasteiger partial charge in [-0.3, -0.25) is 24.5 Å². The van der Waals surface area contributed by atoms with Crippen molar-refractivity contribution in [3.8, 4) is 0 Å². The molecule has 0 bridgehead atoms. The molecule has 0 unspecified atom stereocenters. The molecule has 1 heterocycles. The SMILES string of the molecule is COC(=O)C(C(=O)OC)[C@@H](c1ccc([N+](=O)[O-])cc1)[C@@H]1COCCC1=O. The van der Waals surface area contributed by atoms with E-state index in [1.807, 2.05) is 0 Å². The Kier molecular flexibility index (Phi) is 6.40. The smallest absolute Gasteiger partial charge is 0.320 e. The second kappa shape index (κ2) is 8.52. The van der Waals surface area contributed by atoms with Gasteiger partial charge in [-0.25, -0.2) is 0 Å². The molecule has 1 aliphatic heterocycles. The number of non-ortho nitro benzene ring substituents is 1. The highest BCUT2D eigenvalue weighted by molar-refractivity contribution is 5.97.